The third-order valence-electron chi connectivity index (χ3n) is 5.95. The first-order valence-electron chi connectivity index (χ1n) is 12.1. The highest BCUT2D eigenvalue weighted by Gasteiger charge is 2.33. The van der Waals surface area contributed by atoms with Gasteiger partial charge in [0, 0.05) is 18.1 Å². The summed E-state index contributed by atoms with van der Waals surface area (Å²) in [4.78, 5) is 28.1. The van der Waals surface area contributed by atoms with E-state index in [1.165, 1.54) is 17.0 Å². The van der Waals surface area contributed by atoms with Crippen molar-refractivity contribution in [3.05, 3.63) is 95.0 Å². The van der Waals surface area contributed by atoms with Gasteiger partial charge in [0.2, 0.25) is 11.8 Å². The highest BCUT2D eigenvalue weighted by molar-refractivity contribution is 7.92. The van der Waals surface area contributed by atoms with Gasteiger partial charge in [-0.1, -0.05) is 67.1 Å². The van der Waals surface area contributed by atoms with Crippen LogP contribution in [0.3, 0.4) is 0 Å². The summed E-state index contributed by atoms with van der Waals surface area (Å²) < 4.78 is 28.6. The Bertz CT molecular complexity index is 1320. The van der Waals surface area contributed by atoms with Crippen molar-refractivity contribution in [3.63, 3.8) is 0 Å². The number of nitrogens with one attached hydrogen (secondary N) is 1. The molecule has 3 aromatic carbocycles. The molecule has 0 fully saturated rings. The molecule has 0 saturated heterocycles. The molecule has 37 heavy (non-hydrogen) atoms. The van der Waals surface area contributed by atoms with Crippen LogP contribution in [0.1, 0.15) is 31.4 Å². The zero-order chi connectivity index (χ0) is 27.0. The molecule has 0 heterocycles. The average molecular weight is 542 g/mol. The fraction of sp³-hybridized carbons (Fsp3) is 0.286. The molecule has 0 spiro atoms. The standard InChI is InChI=1S/C28H32ClN3O4S/c1-4-17-30-28(34)22(3)31(19-23-11-7-5-8-12-23)27(33)20-32(26-16-15-24(29)18-21(26)2)37(35,36)25-13-9-6-10-14-25/h5-16,18,22H,4,17,19-20H2,1-3H3,(H,30,34)/t22-/m0/s1. The highest BCUT2D eigenvalue weighted by atomic mass is 35.5. The predicted molar refractivity (Wildman–Crippen MR) is 147 cm³/mol. The van der Waals surface area contributed by atoms with Crippen LogP contribution in [0.4, 0.5) is 5.69 Å². The number of hydrogen-bond acceptors (Lipinski definition) is 4. The number of nitrogens with zero attached hydrogens (tertiary/aromatic N) is 2. The minimum atomic E-state index is -4.11. The molecule has 1 atom stereocenters. The lowest BCUT2D eigenvalue weighted by molar-refractivity contribution is -0.139. The smallest absolute Gasteiger partial charge is 0.264 e. The molecule has 7 nitrogen and oxygen atoms in total. The number of carbonyl (C=O) groups excluding carboxylic acids is 2. The quantitative estimate of drug-likeness (QED) is 0.378. The van der Waals surface area contributed by atoms with E-state index in [1.807, 2.05) is 37.3 Å². The number of benzene rings is 3. The third kappa shape index (κ3) is 7.11. The second-order valence-corrected chi connectivity index (χ2v) is 11.0. The van der Waals surface area contributed by atoms with Crippen LogP contribution in [-0.2, 0) is 26.2 Å². The molecule has 9 heteroatoms. The van der Waals surface area contributed by atoms with E-state index in [9.17, 15) is 18.0 Å². The van der Waals surface area contributed by atoms with Crippen LogP contribution in [0, 0.1) is 6.92 Å². The molecule has 0 aliphatic heterocycles. The number of halogens is 1. The van der Waals surface area contributed by atoms with E-state index in [0.717, 1.165) is 16.3 Å². The van der Waals surface area contributed by atoms with Gasteiger partial charge in [0.05, 0.1) is 10.6 Å². The predicted octanol–water partition coefficient (Wildman–Crippen LogP) is 4.79. The summed E-state index contributed by atoms with van der Waals surface area (Å²) in [6.45, 7) is 5.47. The van der Waals surface area contributed by atoms with E-state index in [2.05, 4.69) is 5.32 Å². The molecule has 0 saturated carbocycles. The zero-order valence-corrected chi connectivity index (χ0v) is 22.8. The number of rotatable bonds is 11. The van der Waals surface area contributed by atoms with Gasteiger partial charge in [0.1, 0.15) is 12.6 Å². The van der Waals surface area contributed by atoms with Crippen LogP contribution in [0.15, 0.2) is 83.8 Å². The van der Waals surface area contributed by atoms with Crippen LogP contribution in [0.5, 0.6) is 0 Å². The zero-order valence-electron chi connectivity index (χ0n) is 21.2. The van der Waals surface area contributed by atoms with Gasteiger partial charge in [-0.3, -0.25) is 13.9 Å². The molecule has 0 radical (unpaired) electrons. The monoisotopic (exact) mass is 541 g/mol. The van der Waals surface area contributed by atoms with Crippen molar-refractivity contribution in [1.82, 2.24) is 10.2 Å². The van der Waals surface area contributed by atoms with Crippen molar-refractivity contribution in [1.29, 1.82) is 0 Å². The fourth-order valence-corrected chi connectivity index (χ4v) is 5.62. The molecular weight excluding hydrogens is 510 g/mol. The van der Waals surface area contributed by atoms with Gasteiger partial charge in [-0.05, 0) is 61.7 Å². The Kier molecular flexibility index (Phi) is 9.72. The molecule has 3 aromatic rings. The van der Waals surface area contributed by atoms with E-state index < -0.39 is 28.5 Å². The lowest BCUT2D eigenvalue weighted by Crippen LogP contribution is -2.51. The summed E-state index contributed by atoms with van der Waals surface area (Å²) in [5.41, 5.74) is 1.76. The van der Waals surface area contributed by atoms with Gasteiger partial charge in [-0.25, -0.2) is 8.42 Å². The van der Waals surface area contributed by atoms with E-state index in [0.29, 0.717) is 22.8 Å². The third-order valence-corrected chi connectivity index (χ3v) is 7.96. The first-order valence-corrected chi connectivity index (χ1v) is 13.9. The number of hydrogen-bond donors (Lipinski definition) is 1. The molecule has 196 valence electrons. The second kappa shape index (κ2) is 12.7. The average Bonchev–Trinajstić information content (AvgIpc) is 2.90. The largest absolute Gasteiger partial charge is 0.354 e. The number of amides is 2. The second-order valence-electron chi connectivity index (χ2n) is 8.73. The van der Waals surface area contributed by atoms with Gasteiger partial charge in [0.15, 0.2) is 0 Å². The summed E-state index contributed by atoms with van der Waals surface area (Å²) in [5.74, 6) is -0.803. The Balaban J connectivity index is 2.03. The van der Waals surface area contributed by atoms with E-state index in [-0.39, 0.29) is 17.3 Å². The van der Waals surface area contributed by atoms with Crippen LogP contribution in [-0.4, -0.2) is 44.3 Å². The number of carbonyl (C=O) groups is 2. The summed E-state index contributed by atoms with van der Waals surface area (Å²) in [6.07, 6.45) is 0.754. The molecule has 2 amide bonds. The number of anilines is 1. The van der Waals surface area contributed by atoms with Crippen molar-refractivity contribution in [2.24, 2.45) is 0 Å². The van der Waals surface area contributed by atoms with Gasteiger partial charge < -0.3 is 10.2 Å². The minimum absolute atomic E-state index is 0.0560. The van der Waals surface area contributed by atoms with Crippen molar-refractivity contribution in [3.8, 4) is 0 Å². The van der Waals surface area contributed by atoms with Crippen LogP contribution in [0.25, 0.3) is 0 Å². The molecule has 0 aromatic heterocycles. The Morgan fingerprint density at radius 2 is 1.59 bits per heavy atom. The Labute approximate surface area is 224 Å². The van der Waals surface area contributed by atoms with Crippen molar-refractivity contribution < 1.29 is 18.0 Å². The van der Waals surface area contributed by atoms with E-state index in [4.69, 9.17) is 11.6 Å². The first-order chi connectivity index (χ1) is 17.6. The maximum atomic E-state index is 13.8. The van der Waals surface area contributed by atoms with E-state index >= 15 is 0 Å². The summed E-state index contributed by atoms with van der Waals surface area (Å²) in [7, 11) is -4.11. The van der Waals surface area contributed by atoms with Crippen LogP contribution in [0.2, 0.25) is 5.02 Å². The molecule has 0 aliphatic carbocycles. The molecule has 0 bridgehead atoms. The highest BCUT2D eigenvalue weighted by Crippen LogP contribution is 2.29. The lowest BCUT2D eigenvalue weighted by atomic mass is 10.1. The summed E-state index contributed by atoms with van der Waals surface area (Å²) in [5, 5.41) is 3.29. The lowest BCUT2D eigenvalue weighted by Gasteiger charge is -2.32. The molecule has 3 rings (SSSR count). The minimum Gasteiger partial charge on any atom is -0.354 e. The molecule has 1 N–H and O–H groups in total. The number of aryl methyl sites for hydroxylation is 1. The summed E-state index contributed by atoms with van der Waals surface area (Å²) >= 11 is 6.13. The topological polar surface area (TPSA) is 86.8 Å². The Morgan fingerprint density at radius 1 is 0.973 bits per heavy atom. The molecule has 0 unspecified atom stereocenters. The SMILES string of the molecule is CCCNC(=O)[C@H](C)N(Cc1ccccc1)C(=O)CN(c1ccc(Cl)cc1C)S(=O)(=O)c1ccccc1. The molecular formula is C28H32ClN3O4S. The normalized spacial score (nSPS) is 12.0. The Hall–Kier alpha value is -3.36. The van der Waals surface area contributed by atoms with Gasteiger partial charge in [0.25, 0.3) is 10.0 Å². The summed E-state index contributed by atoms with van der Waals surface area (Å²) in [6, 6.07) is 21.3. The Morgan fingerprint density at radius 3 is 2.19 bits per heavy atom. The van der Waals surface area contributed by atoms with Gasteiger partial charge in [-0.2, -0.15) is 0 Å². The first kappa shape index (κ1) is 28.2. The van der Waals surface area contributed by atoms with Crippen molar-refractivity contribution >= 4 is 39.1 Å². The maximum Gasteiger partial charge on any atom is 0.264 e. The van der Waals surface area contributed by atoms with Crippen molar-refractivity contribution in [2.45, 2.75) is 44.7 Å². The van der Waals surface area contributed by atoms with Gasteiger partial charge in [-0.15, -0.1) is 0 Å². The van der Waals surface area contributed by atoms with Crippen LogP contribution >= 0.6 is 11.6 Å². The van der Waals surface area contributed by atoms with Crippen LogP contribution < -0.4 is 9.62 Å². The maximum absolute atomic E-state index is 13.8. The van der Waals surface area contributed by atoms with E-state index in [1.54, 1.807) is 50.2 Å². The fourth-order valence-electron chi connectivity index (χ4n) is 3.89. The molecule has 0 aliphatic rings. The van der Waals surface area contributed by atoms with Crippen molar-refractivity contribution in [2.75, 3.05) is 17.4 Å². The van der Waals surface area contributed by atoms with Gasteiger partial charge >= 0.3 is 0 Å². The number of sulfonamides is 1.